The topological polar surface area (TPSA) is 26.0 Å². The highest BCUT2D eigenvalue weighted by molar-refractivity contribution is 14.1. The Kier molecular flexibility index (Phi) is 4.86. The highest BCUT2D eigenvalue weighted by Gasteiger charge is 2.26. The molecule has 1 nitrogen and oxygen atoms in total. The number of hydrogen-bond acceptors (Lipinski definition) is 1. The van der Waals surface area contributed by atoms with Gasteiger partial charge in [-0.3, -0.25) is 0 Å². The van der Waals surface area contributed by atoms with Crippen molar-refractivity contribution in [1.82, 2.24) is 0 Å². The lowest BCUT2D eigenvalue weighted by molar-refractivity contribution is 0.239. The average Bonchev–Trinajstić information content (AvgIpc) is 2.39. The fourth-order valence-corrected chi connectivity index (χ4v) is 3.70. The van der Waals surface area contributed by atoms with E-state index in [-0.39, 0.29) is 6.04 Å². The second kappa shape index (κ2) is 6.19. The van der Waals surface area contributed by atoms with Gasteiger partial charge in [0.2, 0.25) is 0 Å². The first-order valence-corrected chi connectivity index (χ1v) is 7.80. The summed E-state index contributed by atoms with van der Waals surface area (Å²) in [4.78, 5) is 0. The minimum absolute atomic E-state index is 0.237. The lowest BCUT2D eigenvalue weighted by atomic mass is 9.76. The molecule has 17 heavy (non-hydrogen) atoms. The zero-order valence-corrected chi connectivity index (χ0v) is 12.7. The first kappa shape index (κ1) is 13.3. The van der Waals surface area contributed by atoms with E-state index >= 15 is 0 Å². The van der Waals surface area contributed by atoms with Crippen LogP contribution in [-0.4, -0.2) is 0 Å². The summed E-state index contributed by atoms with van der Waals surface area (Å²) in [5.41, 5.74) is 7.79. The molecule has 2 rings (SSSR count). The number of rotatable bonds is 3. The Bertz CT molecular complexity index is 356. The summed E-state index contributed by atoms with van der Waals surface area (Å²) >= 11 is 2.40. The van der Waals surface area contributed by atoms with Gasteiger partial charge in [0.25, 0.3) is 0 Å². The van der Waals surface area contributed by atoms with Crippen molar-refractivity contribution in [2.24, 2.45) is 17.6 Å². The van der Waals surface area contributed by atoms with Crippen molar-refractivity contribution in [3.8, 4) is 0 Å². The van der Waals surface area contributed by atoms with Gasteiger partial charge in [-0.1, -0.05) is 44.4 Å². The summed E-state index contributed by atoms with van der Waals surface area (Å²) in [6.45, 7) is 2.31. The minimum Gasteiger partial charge on any atom is -0.324 e. The van der Waals surface area contributed by atoms with Gasteiger partial charge in [-0.05, 0) is 58.9 Å². The summed E-state index contributed by atoms with van der Waals surface area (Å²) in [5, 5.41) is 0. The molecule has 1 unspecified atom stereocenters. The van der Waals surface area contributed by atoms with Crippen LogP contribution < -0.4 is 5.73 Å². The van der Waals surface area contributed by atoms with Crippen LogP contribution in [0.15, 0.2) is 24.3 Å². The van der Waals surface area contributed by atoms with Gasteiger partial charge in [0.1, 0.15) is 0 Å². The van der Waals surface area contributed by atoms with Crippen molar-refractivity contribution in [2.45, 2.75) is 45.1 Å². The first-order valence-electron chi connectivity index (χ1n) is 6.72. The maximum Gasteiger partial charge on any atom is 0.0334 e. The van der Waals surface area contributed by atoms with Gasteiger partial charge in [-0.2, -0.15) is 0 Å². The third-order valence-corrected chi connectivity index (χ3v) is 5.22. The van der Waals surface area contributed by atoms with Gasteiger partial charge in [-0.15, -0.1) is 0 Å². The Balaban J connectivity index is 2.02. The standard InChI is InChI=1S/C15H22IN/c1-2-11-7-9-12(10-8-11)15(17)13-5-3-4-6-14(13)16/h3-6,11-12,15H,2,7-10,17H2,1H3. The fourth-order valence-electron chi connectivity index (χ4n) is 2.95. The first-order chi connectivity index (χ1) is 8.22. The lowest BCUT2D eigenvalue weighted by Crippen LogP contribution is -2.26. The quantitative estimate of drug-likeness (QED) is 0.803. The molecular formula is C15H22IN. The van der Waals surface area contributed by atoms with Crippen LogP contribution in [0.4, 0.5) is 0 Å². The molecule has 0 spiro atoms. The second-order valence-corrected chi connectivity index (χ2v) is 6.40. The van der Waals surface area contributed by atoms with E-state index in [4.69, 9.17) is 5.73 Å². The van der Waals surface area contributed by atoms with Crippen molar-refractivity contribution >= 4 is 22.6 Å². The van der Waals surface area contributed by atoms with E-state index in [1.165, 1.54) is 41.2 Å². The maximum atomic E-state index is 6.45. The molecule has 0 aliphatic heterocycles. The Morgan fingerprint density at radius 3 is 2.47 bits per heavy atom. The fraction of sp³-hybridized carbons (Fsp3) is 0.600. The predicted molar refractivity (Wildman–Crippen MR) is 81.8 cm³/mol. The molecule has 94 valence electrons. The smallest absolute Gasteiger partial charge is 0.0334 e. The highest BCUT2D eigenvalue weighted by atomic mass is 127. The van der Waals surface area contributed by atoms with Crippen LogP contribution in [0.25, 0.3) is 0 Å². The zero-order chi connectivity index (χ0) is 12.3. The lowest BCUT2D eigenvalue weighted by Gasteiger charge is -2.32. The van der Waals surface area contributed by atoms with E-state index in [0.717, 1.165) is 5.92 Å². The van der Waals surface area contributed by atoms with Gasteiger partial charge in [0.05, 0.1) is 0 Å². The van der Waals surface area contributed by atoms with Crippen molar-refractivity contribution in [2.75, 3.05) is 0 Å². The molecule has 1 saturated carbocycles. The van der Waals surface area contributed by atoms with Crippen LogP contribution in [0.2, 0.25) is 0 Å². The van der Waals surface area contributed by atoms with Crippen LogP contribution in [0.1, 0.15) is 50.6 Å². The maximum absolute atomic E-state index is 6.45. The monoisotopic (exact) mass is 343 g/mol. The normalized spacial score (nSPS) is 26.8. The van der Waals surface area contributed by atoms with Crippen LogP contribution >= 0.6 is 22.6 Å². The number of benzene rings is 1. The van der Waals surface area contributed by atoms with E-state index in [0.29, 0.717) is 5.92 Å². The highest BCUT2D eigenvalue weighted by Crippen LogP contribution is 2.37. The Hall–Kier alpha value is -0.0900. The van der Waals surface area contributed by atoms with Gasteiger partial charge in [-0.25, -0.2) is 0 Å². The van der Waals surface area contributed by atoms with E-state index in [2.05, 4.69) is 53.8 Å². The largest absolute Gasteiger partial charge is 0.324 e. The molecule has 1 aromatic rings. The molecule has 0 amide bonds. The van der Waals surface area contributed by atoms with E-state index < -0.39 is 0 Å². The van der Waals surface area contributed by atoms with Gasteiger partial charge >= 0.3 is 0 Å². The molecular weight excluding hydrogens is 321 g/mol. The van der Waals surface area contributed by atoms with Gasteiger partial charge in [0.15, 0.2) is 0 Å². The van der Waals surface area contributed by atoms with Gasteiger partial charge < -0.3 is 5.73 Å². The molecule has 1 atom stereocenters. The van der Waals surface area contributed by atoms with E-state index in [1.807, 2.05) is 0 Å². The van der Waals surface area contributed by atoms with E-state index in [9.17, 15) is 0 Å². The van der Waals surface area contributed by atoms with Crippen LogP contribution in [0.3, 0.4) is 0 Å². The van der Waals surface area contributed by atoms with Crippen LogP contribution in [0.5, 0.6) is 0 Å². The number of nitrogens with two attached hydrogens (primary N) is 1. The summed E-state index contributed by atoms with van der Waals surface area (Å²) in [5.74, 6) is 1.64. The Labute approximate surface area is 118 Å². The third kappa shape index (κ3) is 3.22. The van der Waals surface area contributed by atoms with Crippen LogP contribution in [-0.2, 0) is 0 Å². The molecule has 2 heteroatoms. The van der Waals surface area contributed by atoms with Crippen molar-refractivity contribution in [1.29, 1.82) is 0 Å². The van der Waals surface area contributed by atoms with Gasteiger partial charge in [0, 0.05) is 9.61 Å². The molecule has 0 radical (unpaired) electrons. The SMILES string of the molecule is CCC1CCC(C(N)c2ccccc2I)CC1. The molecule has 1 aliphatic rings. The van der Waals surface area contributed by atoms with E-state index in [1.54, 1.807) is 0 Å². The van der Waals surface area contributed by atoms with Crippen molar-refractivity contribution in [3.63, 3.8) is 0 Å². The Morgan fingerprint density at radius 1 is 1.24 bits per heavy atom. The average molecular weight is 343 g/mol. The molecule has 0 bridgehead atoms. The summed E-state index contributed by atoms with van der Waals surface area (Å²) in [6, 6.07) is 8.79. The molecule has 1 aromatic carbocycles. The Morgan fingerprint density at radius 2 is 1.88 bits per heavy atom. The molecule has 1 aliphatic carbocycles. The summed E-state index contributed by atoms with van der Waals surface area (Å²) in [6.07, 6.45) is 6.71. The van der Waals surface area contributed by atoms with Crippen molar-refractivity contribution in [3.05, 3.63) is 33.4 Å². The van der Waals surface area contributed by atoms with Crippen molar-refractivity contribution < 1.29 is 0 Å². The molecule has 1 fully saturated rings. The molecule has 0 aromatic heterocycles. The second-order valence-electron chi connectivity index (χ2n) is 5.24. The molecule has 0 heterocycles. The number of hydrogen-bond donors (Lipinski definition) is 1. The summed E-state index contributed by atoms with van der Waals surface area (Å²) in [7, 11) is 0. The molecule has 2 N–H and O–H groups in total. The van der Waals surface area contributed by atoms with Crippen LogP contribution in [0, 0.1) is 15.4 Å². The number of halogens is 1. The summed E-state index contributed by atoms with van der Waals surface area (Å²) < 4.78 is 1.32. The predicted octanol–water partition coefficient (Wildman–Crippen LogP) is 4.51. The minimum atomic E-state index is 0.237. The zero-order valence-electron chi connectivity index (χ0n) is 10.5. The third-order valence-electron chi connectivity index (χ3n) is 4.24. The molecule has 0 saturated heterocycles.